The van der Waals surface area contributed by atoms with Crippen LogP contribution in [0.4, 0.5) is 5.69 Å². The summed E-state index contributed by atoms with van der Waals surface area (Å²) in [5, 5.41) is 12.3. The molecule has 1 aliphatic rings. The number of anilines is 1. The Labute approximate surface area is 120 Å². The molecule has 1 fully saturated rings. The topological polar surface area (TPSA) is 78.4 Å². The van der Waals surface area contributed by atoms with Crippen molar-refractivity contribution in [2.24, 2.45) is 5.92 Å². The Hall–Kier alpha value is -1.11. The van der Waals surface area contributed by atoms with E-state index in [-0.39, 0.29) is 29.5 Å². The Balaban J connectivity index is 2.02. The molecule has 0 aliphatic heterocycles. The fourth-order valence-corrected chi connectivity index (χ4v) is 3.09. The van der Waals surface area contributed by atoms with Crippen molar-refractivity contribution in [3.63, 3.8) is 0 Å². The third kappa shape index (κ3) is 3.94. The van der Waals surface area contributed by atoms with E-state index in [0.29, 0.717) is 0 Å². The first-order valence-electron chi connectivity index (χ1n) is 6.92. The standard InChI is InChI=1S/C14H22N2O3S/c1-10(9-17)11(2)15-12-5-7-14(8-6-12)20(18,19)16-13-3-4-13/h5-8,10-11,13,15-17H,3-4,9H2,1-2H3. The van der Waals surface area contributed by atoms with Crippen LogP contribution in [0.1, 0.15) is 26.7 Å². The summed E-state index contributed by atoms with van der Waals surface area (Å²) in [5.74, 6) is 0.134. The minimum atomic E-state index is -3.38. The van der Waals surface area contributed by atoms with Gasteiger partial charge in [-0.2, -0.15) is 0 Å². The van der Waals surface area contributed by atoms with Gasteiger partial charge in [0.25, 0.3) is 0 Å². The summed E-state index contributed by atoms with van der Waals surface area (Å²) < 4.78 is 26.7. The van der Waals surface area contributed by atoms with Crippen molar-refractivity contribution in [1.29, 1.82) is 0 Å². The lowest BCUT2D eigenvalue weighted by molar-refractivity contribution is 0.226. The monoisotopic (exact) mass is 298 g/mol. The van der Waals surface area contributed by atoms with Gasteiger partial charge in [0.05, 0.1) is 4.90 Å². The van der Waals surface area contributed by atoms with Crippen LogP contribution in [0.3, 0.4) is 0 Å². The van der Waals surface area contributed by atoms with E-state index in [2.05, 4.69) is 10.0 Å². The van der Waals surface area contributed by atoms with Crippen molar-refractivity contribution in [3.05, 3.63) is 24.3 Å². The Kier molecular flexibility index (Phi) is 4.67. The van der Waals surface area contributed by atoms with Crippen LogP contribution in [-0.2, 0) is 10.0 Å². The molecule has 1 saturated carbocycles. The van der Waals surface area contributed by atoms with Gasteiger partial charge in [-0.3, -0.25) is 0 Å². The van der Waals surface area contributed by atoms with Gasteiger partial charge in [-0.25, -0.2) is 13.1 Å². The van der Waals surface area contributed by atoms with Crippen molar-refractivity contribution in [3.8, 4) is 0 Å². The molecule has 0 amide bonds. The molecule has 2 unspecified atom stereocenters. The van der Waals surface area contributed by atoms with Gasteiger partial charge in [0.1, 0.15) is 0 Å². The lowest BCUT2D eigenvalue weighted by atomic mass is 10.1. The van der Waals surface area contributed by atoms with Crippen LogP contribution in [0.15, 0.2) is 29.2 Å². The van der Waals surface area contributed by atoms with Crippen LogP contribution >= 0.6 is 0 Å². The molecule has 3 N–H and O–H groups in total. The van der Waals surface area contributed by atoms with E-state index >= 15 is 0 Å². The first-order valence-corrected chi connectivity index (χ1v) is 8.40. The summed E-state index contributed by atoms with van der Waals surface area (Å²) >= 11 is 0. The molecule has 0 bridgehead atoms. The smallest absolute Gasteiger partial charge is 0.240 e. The predicted molar refractivity (Wildman–Crippen MR) is 79.1 cm³/mol. The fraction of sp³-hybridized carbons (Fsp3) is 0.571. The molecule has 2 atom stereocenters. The number of benzene rings is 1. The van der Waals surface area contributed by atoms with Gasteiger partial charge in [0.15, 0.2) is 0 Å². The molecule has 0 aromatic heterocycles. The number of aliphatic hydroxyl groups excluding tert-OH is 1. The minimum absolute atomic E-state index is 0.114. The summed E-state index contributed by atoms with van der Waals surface area (Å²) in [4.78, 5) is 0.290. The van der Waals surface area contributed by atoms with Gasteiger partial charge in [-0.15, -0.1) is 0 Å². The van der Waals surface area contributed by atoms with Crippen LogP contribution in [0.25, 0.3) is 0 Å². The first kappa shape index (κ1) is 15.3. The van der Waals surface area contributed by atoms with Gasteiger partial charge in [0, 0.05) is 24.4 Å². The molecular formula is C14H22N2O3S. The number of hydrogen-bond donors (Lipinski definition) is 3. The van der Waals surface area contributed by atoms with Crippen LogP contribution in [0, 0.1) is 5.92 Å². The zero-order valence-corrected chi connectivity index (χ0v) is 12.7. The SMILES string of the molecule is CC(CO)C(C)Nc1ccc(S(=O)(=O)NC2CC2)cc1. The zero-order valence-electron chi connectivity index (χ0n) is 11.8. The number of rotatable bonds is 7. The van der Waals surface area contributed by atoms with Crippen LogP contribution in [0.5, 0.6) is 0 Å². The van der Waals surface area contributed by atoms with E-state index in [1.54, 1.807) is 24.3 Å². The Morgan fingerprint density at radius 3 is 2.35 bits per heavy atom. The first-order chi connectivity index (χ1) is 9.42. The lowest BCUT2D eigenvalue weighted by Crippen LogP contribution is -2.27. The van der Waals surface area contributed by atoms with E-state index in [1.807, 2.05) is 13.8 Å². The third-order valence-electron chi connectivity index (χ3n) is 3.60. The quantitative estimate of drug-likeness (QED) is 0.714. The highest BCUT2D eigenvalue weighted by atomic mass is 32.2. The molecular weight excluding hydrogens is 276 g/mol. The summed E-state index contributed by atoms with van der Waals surface area (Å²) in [5.41, 5.74) is 0.850. The highest BCUT2D eigenvalue weighted by Gasteiger charge is 2.27. The molecule has 1 aromatic rings. The van der Waals surface area contributed by atoms with Crippen molar-refractivity contribution >= 4 is 15.7 Å². The van der Waals surface area contributed by atoms with Crippen molar-refractivity contribution in [1.82, 2.24) is 4.72 Å². The van der Waals surface area contributed by atoms with Crippen LogP contribution < -0.4 is 10.0 Å². The van der Waals surface area contributed by atoms with Gasteiger partial charge in [-0.05, 0) is 49.9 Å². The molecule has 20 heavy (non-hydrogen) atoms. The molecule has 0 radical (unpaired) electrons. The predicted octanol–water partition coefficient (Wildman–Crippen LogP) is 1.56. The number of hydrogen-bond acceptors (Lipinski definition) is 4. The molecule has 0 saturated heterocycles. The zero-order chi connectivity index (χ0) is 14.8. The second-order valence-electron chi connectivity index (χ2n) is 5.51. The Morgan fingerprint density at radius 2 is 1.85 bits per heavy atom. The van der Waals surface area contributed by atoms with E-state index in [1.165, 1.54) is 0 Å². The fourth-order valence-electron chi connectivity index (χ4n) is 1.78. The number of nitrogens with one attached hydrogen (secondary N) is 2. The summed E-state index contributed by atoms with van der Waals surface area (Å²) in [6.45, 7) is 4.06. The normalized spacial score (nSPS) is 18.6. The molecule has 0 spiro atoms. The summed E-state index contributed by atoms with van der Waals surface area (Å²) in [7, 11) is -3.38. The average Bonchev–Trinajstić information content (AvgIpc) is 3.21. The minimum Gasteiger partial charge on any atom is -0.396 e. The van der Waals surface area contributed by atoms with Gasteiger partial charge < -0.3 is 10.4 Å². The summed E-state index contributed by atoms with van der Waals surface area (Å²) in [6.07, 6.45) is 1.85. The van der Waals surface area contributed by atoms with E-state index in [0.717, 1.165) is 18.5 Å². The molecule has 112 valence electrons. The lowest BCUT2D eigenvalue weighted by Gasteiger charge is -2.20. The molecule has 0 heterocycles. The average molecular weight is 298 g/mol. The Bertz CT molecular complexity index is 538. The largest absolute Gasteiger partial charge is 0.396 e. The van der Waals surface area contributed by atoms with Gasteiger partial charge in [0.2, 0.25) is 10.0 Å². The molecule has 1 aromatic carbocycles. The van der Waals surface area contributed by atoms with Crippen molar-refractivity contribution < 1.29 is 13.5 Å². The highest BCUT2D eigenvalue weighted by molar-refractivity contribution is 7.89. The van der Waals surface area contributed by atoms with Crippen LogP contribution in [0.2, 0.25) is 0 Å². The second kappa shape index (κ2) is 6.11. The van der Waals surface area contributed by atoms with Gasteiger partial charge >= 0.3 is 0 Å². The molecule has 2 rings (SSSR count). The summed E-state index contributed by atoms with van der Waals surface area (Å²) in [6, 6.07) is 6.94. The van der Waals surface area contributed by atoms with Crippen molar-refractivity contribution in [2.75, 3.05) is 11.9 Å². The number of sulfonamides is 1. The third-order valence-corrected chi connectivity index (χ3v) is 5.14. The molecule has 6 heteroatoms. The maximum absolute atomic E-state index is 12.0. The van der Waals surface area contributed by atoms with E-state index in [4.69, 9.17) is 5.11 Å². The number of aliphatic hydroxyl groups is 1. The Morgan fingerprint density at radius 1 is 1.25 bits per heavy atom. The molecule has 1 aliphatic carbocycles. The van der Waals surface area contributed by atoms with E-state index in [9.17, 15) is 8.42 Å². The maximum Gasteiger partial charge on any atom is 0.240 e. The van der Waals surface area contributed by atoms with Gasteiger partial charge in [-0.1, -0.05) is 6.92 Å². The maximum atomic E-state index is 12.0. The van der Waals surface area contributed by atoms with Crippen LogP contribution in [-0.4, -0.2) is 32.2 Å². The van der Waals surface area contributed by atoms with Crippen molar-refractivity contribution in [2.45, 2.75) is 43.7 Å². The van der Waals surface area contributed by atoms with E-state index < -0.39 is 10.0 Å². The second-order valence-corrected chi connectivity index (χ2v) is 7.23. The highest BCUT2D eigenvalue weighted by Crippen LogP contribution is 2.23. The molecule has 5 nitrogen and oxygen atoms in total.